The molecular weight excluding hydrogens is 486 g/mol. The number of carbonyl (C=O) groups is 2. The highest BCUT2D eigenvalue weighted by molar-refractivity contribution is 5.93. The largest absolute Gasteiger partial charge is 0.493 e. The molecule has 0 unspecified atom stereocenters. The van der Waals surface area contributed by atoms with Gasteiger partial charge in [-0.15, -0.1) is 0 Å². The van der Waals surface area contributed by atoms with Crippen LogP contribution in [0.1, 0.15) is 75.7 Å². The first-order valence-electron chi connectivity index (χ1n) is 14.0. The molecule has 0 aromatic heterocycles. The predicted molar refractivity (Wildman–Crippen MR) is 148 cm³/mol. The molecule has 9 heteroatoms. The van der Waals surface area contributed by atoms with Crippen LogP contribution in [0.2, 0.25) is 0 Å². The minimum atomic E-state index is -0.509. The quantitative estimate of drug-likeness (QED) is 0.346. The number of hydrogen-bond donors (Lipinski definition) is 1. The summed E-state index contributed by atoms with van der Waals surface area (Å²) < 4.78 is 22.1. The standard InChI is InChI=1S/C29H47N3O6/c1-7-32(23-11-9-22(10-12-23)30-28(34)38-29(3,4)5)26-20-24(19-25(21(26)2)27(33)35-6)37-16-8-13-31-14-17-36-18-15-31/h19-20,22-23H,7-18H2,1-6H3,(H,30,34)/t22-,23-. The van der Waals surface area contributed by atoms with Crippen molar-refractivity contribution in [3.05, 3.63) is 23.3 Å². The third kappa shape index (κ3) is 8.76. The number of benzene rings is 1. The molecule has 1 saturated carbocycles. The average Bonchev–Trinajstić information content (AvgIpc) is 2.88. The topological polar surface area (TPSA) is 89.6 Å². The molecule has 0 spiro atoms. The van der Waals surface area contributed by atoms with Crippen LogP contribution in [-0.2, 0) is 14.2 Å². The van der Waals surface area contributed by atoms with E-state index in [1.807, 2.05) is 27.7 Å². The lowest BCUT2D eigenvalue weighted by Gasteiger charge is -2.39. The van der Waals surface area contributed by atoms with Crippen molar-refractivity contribution in [3.63, 3.8) is 0 Å². The normalized spacial score (nSPS) is 20.5. The minimum Gasteiger partial charge on any atom is -0.493 e. The lowest BCUT2D eigenvalue weighted by Crippen LogP contribution is -2.45. The second kappa shape index (κ2) is 14.0. The summed E-state index contributed by atoms with van der Waals surface area (Å²) in [4.78, 5) is 29.6. The van der Waals surface area contributed by atoms with Gasteiger partial charge in [0.1, 0.15) is 11.4 Å². The summed E-state index contributed by atoms with van der Waals surface area (Å²) in [7, 11) is 1.41. The van der Waals surface area contributed by atoms with E-state index in [1.54, 1.807) is 6.07 Å². The Morgan fingerprint density at radius 2 is 1.82 bits per heavy atom. The van der Waals surface area contributed by atoms with E-state index >= 15 is 0 Å². The number of methoxy groups -OCH3 is 1. The number of alkyl carbamates (subject to hydrolysis) is 1. The lowest BCUT2D eigenvalue weighted by molar-refractivity contribution is 0.0358. The minimum absolute atomic E-state index is 0.104. The maximum Gasteiger partial charge on any atom is 0.407 e. The van der Waals surface area contributed by atoms with E-state index in [9.17, 15) is 9.59 Å². The van der Waals surface area contributed by atoms with Crippen molar-refractivity contribution < 1.29 is 28.5 Å². The molecular formula is C29H47N3O6. The third-order valence-electron chi connectivity index (χ3n) is 7.26. The van der Waals surface area contributed by atoms with Gasteiger partial charge in [-0.1, -0.05) is 0 Å². The van der Waals surface area contributed by atoms with Crippen LogP contribution in [0.5, 0.6) is 5.75 Å². The summed E-state index contributed by atoms with van der Waals surface area (Å²) in [5, 5.41) is 3.03. The molecule has 1 aromatic carbocycles. The molecule has 1 N–H and O–H groups in total. The zero-order chi connectivity index (χ0) is 27.7. The number of hydrogen-bond acceptors (Lipinski definition) is 8. The van der Waals surface area contributed by atoms with Gasteiger partial charge in [-0.25, -0.2) is 9.59 Å². The van der Waals surface area contributed by atoms with Gasteiger partial charge in [0.2, 0.25) is 0 Å². The number of rotatable bonds is 10. The fourth-order valence-corrected chi connectivity index (χ4v) is 5.31. The molecule has 2 fully saturated rings. The second-order valence-electron chi connectivity index (χ2n) is 11.2. The summed E-state index contributed by atoms with van der Waals surface area (Å²) in [6.45, 7) is 15.6. The van der Waals surface area contributed by atoms with Crippen LogP contribution in [0.15, 0.2) is 12.1 Å². The summed E-state index contributed by atoms with van der Waals surface area (Å²) >= 11 is 0. The molecule has 1 amide bonds. The maximum atomic E-state index is 12.6. The molecule has 0 bridgehead atoms. The Hall–Kier alpha value is -2.52. The number of carbonyl (C=O) groups excluding carboxylic acids is 2. The van der Waals surface area contributed by atoms with Crippen molar-refractivity contribution in [3.8, 4) is 5.75 Å². The number of ether oxygens (including phenoxy) is 4. The van der Waals surface area contributed by atoms with Gasteiger partial charge < -0.3 is 29.2 Å². The van der Waals surface area contributed by atoms with E-state index in [-0.39, 0.29) is 18.1 Å². The van der Waals surface area contributed by atoms with E-state index in [2.05, 4.69) is 28.1 Å². The monoisotopic (exact) mass is 533 g/mol. The first-order valence-corrected chi connectivity index (χ1v) is 14.0. The maximum absolute atomic E-state index is 12.6. The van der Waals surface area contributed by atoms with E-state index in [0.29, 0.717) is 24.0 Å². The number of anilines is 1. The van der Waals surface area contributed by atoms with Crippen molar-refractivity contribution in [2.24, 2.45) is 0 Å². The molecule has 9 nitrogen and oxygen atoms in total. The zero-order valence-corrected chi connectivity index (χ0v) is 24.1. The molecule has 0 radical (unpaired) electrons. The fraction of sp³-hybridized carbons (Fsp3) is 0.724. The van der Waals surface area contributed by atoms with Crippen LogP contribution in [0.3, 0.4) is 0 Å². The van der Waals surface area contributed by atoms with Gasteiger partial charge in [0.15, 0.2) is 0 Å². The Labute approximate surface area is 228 Å². The second-order valence-corrected chi connectivity index (χ2v) is 11.2. The van der Waals surface area contributed by atoms with Gasteiger partial charge in [-0.2, -0.15) is 0 Å². The summed E-state index contributed by atoms with van der Waals surface area (Å²) in [6.07, 6.45) is 4.17. The number of morpholine rings is 1. The summed E-state index contributed by atoms with van der Waals surface area (Å²) in [6, 6.07) is 4.27. The highest BCUT2D eigenvalue weighted by Crippen LogP contribution is 2.34. The van der Waals surface area contributed by atoms with Crippen LogP contribution in [0, 0.1) is 6.92 Å². The average molecular weight is 534 g/mol. The van der Waals surface area contributed by atoms with Crippen LogP contribution < -0.4 is 15.0 Å². The third-order valence-corrected chi connectivity index (χ3v) is 7.26. The van der Waals surface area contributed by atoms with Crippen molar-refractivity contribution in [1.82, 2.24) is 10.2 Å². The van der Waals surface area contributed by atoms with Crippen LogP contribution in [0.25, 0.3) is 0 Å². The Bertz CT molecular complexity index is 918. The van der Waals surface area contributed by atoms with Gasteiger partial charge in [0.25, 0.3) is 0 Å². The SMILES string of the molecule is CCN(c1cc(OCCCN2CCOCC2)cc(C(=O)OC)c1C)[C@H]1CC[C@H](NC(=O)OC(C)(C)C)CC1. The number of amides is 1. The Kier molecular flexibility index (Phi) is 11.1. The Balaban J connectivity index is 1.66. The van der Waals surface area contributed by atoms with Crippen molar-refractivity contribution in [2.75, 3.05) is 58.0 Å². The van der Waals surface area contributed by atoms with Gasteiger partial charge in [0, 0.05) is 50.0 Å². The zero-order valence-electron chi connectivity index (χ0n) is 24.1. The van der Waals surface area contributed by atoms with E-state index in [1.165, 1.54) is 7.11 Å². The summed E-state index contributed by atoms with van der Waals surface area (Å²) in [5.74, 6) is 0.329. The summed E-state index contributed by atoms with van der Waals surface area (Å²) in [5.41, 5.74) is 1.92. The highest BCUT2D eigenvalue weighted by Gasteiger charge is 2.29. The van der Waals surface area contributed by atoms with Crippen molar-refractivity contribution in [1.29, 1.82) is 0 Å². The molecule has 1 saturated heterocycles. The van der Waals surface area contributed by atoms with E-state index < -0.39 is 5.60 Å². The van der Waals surface area contributed by atoms with Crippen LogP contribution >= 0.6 is 0 Å². The first kappa shape index (κ1) is 30.0. The van der Waals surface area contributed by atoms with Gasteiger partial charge in [-0.3, -0.25) is 4.90 Å². The highest BCUT2D eigenvalue weighted by atomic mass is 16.6. The smallest absolute Gasteiger partial charge is 0.407 e. The first-order chi connectivity index (χ1) is 18.1. The van der Waals surface area contributed by atoms with Crippen molar-refractivity contribution >= 4 is 17.7 Å². The molecule has 2 aliphatic rings. The molecule has 1 heterocycles. The molecule has 214 valence electrons. The van der Waals surface area contributed by atoms with Crippen molar-refractivity contribution in [2.45, 2.75) is 84.4 Å². The number of nitrogens with zero attached hydrogens (tertiary/aromatic N) is 2. The molecule has 1 aliphatic heterocycles. The van der Waals surface area contributed by atoms with Crippen LogP contribution in [0.4, 0.5) is 10.5 Å². The van der Waals surface area contributed by atoms with E-state index in [4.69, 9.17) is 18.9 Å². The Morgan fingerprint density at radius 1 is 1.13 bits per heavy atom. The Morgan fingerprint density at radius 3 is 2.42 bits per heavy atom. The molecule has 38 heavy (non-hydrogen) atoms. The number of nitrogens with one attached hydrogen (secondary N) is 1. The van der Waals surface area contributed by atoms with Gasteiger partial charge >= 0.3 is 12.1 Å². The molecule has 1 aromatic rings. The van der Waals surface area contributed by atoms with Crippen LogP contribution in [-0.4, -0.2) is 87.8 Å². The molecule has 0 atom stereocenters. The lowest BCUT2D eigenvalue weighted by atomic mass is 9.89. The predicted octanol–water partition coefficient (Wildman–Crippen LogP) is 4.54. The van der Waals surface area contributed by atoms with Gasteiger partial charge in [-0.05, 0) is 78.4 Å². The van der Waals surface area contributed by atoms with E-state index in [0.717, 1.165) is 82.7 Å². The molecule has 1 aliphatic carbocycles. The fourth-order valence-electron chi connectivity index (χ4n) is 5.31. The van der Waals surface area contributed by atoms with Gasteiger partial charge in [0.05, 0.1) is 32.5 Å². The number of esters is 1. The molecule has 3 rings (SSSR count).